The number of amides is 1. The number of pyridine rings is 1. The molecule has 9 heteroatoms. The summed E-state index contributed by atoms with van der Waals surface area (Å²) in [6, 6.07) is 7.76. The molecule has 36 heavy (non-hydrogen) atoms. The smallest absolute Gasteiger partial charge is 0.328 e. The maximum absolute atomic E-state index is 12.9. The van der Waals surface area contributed by atoms with Crippen LogP contribution in [0.2, 0.25) is 10.0 Å². The van der Waals surface area contributed by atoms with Gasteiger partial charge in [-0.2, -0.15) is 0 Å². The van der Waals surface area contributed by atoms with Crippen LogP contribution in [0.3, 0.4) is 0 Å². The summed E-state index contributed by atoms with van der Waals surface area (Å²) in [4.78, 5) is 41.3. The number of methoxy groups -OCH3 is 1. The number of ketones is 1. The summed E-state index contributed by atoms with van der Waals surface area (Å²) < 4.78 is 10.6. The number of nitrogens with zero attached hydrogens (tertiary/aromatic N) is 1. The highest BCUT2D eigenvalue weighted by molar-refractivity contribution is 6.35. The molecule has 3 unspecified atom stereocenters. The van der Waals surface area contributed by atoms with E-state index >= 15 is 0 Å². The molecule has 3 rings (SSSR count). The van der Waals surface area contributed by atoms with Crippen LogP contribution in [0.25, 0.3) is 0 Å². The predicted molar refractivity (Wildman–Crippen MR) is 140 cm³/mol. The number of benzene rings is 1. The van der Waals surface area contributed by atoms with Crippen molar-refractivity contribution in [1.82, 2.24) is 10.3 Å². The molecule has 1 amide bonds. The lowest BCUT2D eigenvalue weighted by molar-refractivity contribution is -0.153. The van der Waals surface area contributed by atoms with Gasteiger partial charge in [-0.25, -0.2) is 4.79 Å². The average Bonchev–Trinajstić information content (AvgIpc) is 2.84. The summed E-state index contributed by atoms with van der Waals surface area (Å²) in [5.41, 5.74) is 0.792. The summed E-state index contributed by atoms with van der Waals surface area (Å²) in [5.74, 6) is -0.770. The molecule has 0 spiro atoms. The third-order valence-corrected chi connectivity index (χ3v) is 7.24. The fourth-order valence-corrected chi connectivity index (χ4v) is 4.83. The lowest BCUT2D eigenvalue weighted by Crippen LogP contribution is -2.57. The van der Waals surface area contributed by atoms with Crippen molar-refractivity contribution in [3.63, 3.8) is 0 Å². The van der Waals surface area contributed by atoms with Gasteiger partial charge in [0.1, 0.15) is 24.2 Å². The Bertz CT molecular complexity index is 1050. The Morgan fingerprint density at radius 3 is 2.25 bits per heavy atom. The molecule has 196 valence electrons. The van der Waals surface area contributed by atoms with Gasteiger partial charge in [-0.15, -0.1) is 0 Å². The molecule has 1 aliphatic rings. The van der Waals surface area contributed by atoms with Gasteiger partial charge in [0.05, 0.1) is 13.3 Å². The van der Waals surface area contributed by atoms with E-state index in [9.17, 15) is 14.4 Å². The molecule has 0 aliphatic heterocycles. The zero-order valence-electron chi connectivity index (χ0n) is 21.6. The first-order valence-corrected chi connectivity index (χ1v) is 12.7. The monoisotopic (exact) mass is 536 g/mol. The summed E-state index contributed by atoms with van der Waals surface area (Å²) in [6.45, 7) is 9.52. The molecule has 3 atom stereocenters. The molecule has 0 radical (unpaired) electrons. The number of rotatable bonds is 9. The summed E-state index contributed by atoms with van der Waals surface area (Å²) in [6.07, 6.45) is 2.16. The second-order valence-corrected chi connectivity index (χ2v) is 9.85. The van der Waals surface area contributed by atoms with E-state index in [0.717, 1.165) is 0 Å². The van der Waals surface area contributed by atoms with E-state index in [0.29, 0.717) is 33.5 Å². The molecule has 1 aromatic heterocycles. The zero-order chi connectivity index (χ0) is 27.0. The third-order valence-electron chi connectivity index (χ3n) is 6.53. The van der Waals surface area contributed by atoms with Crippen LogP contribution >= 0.6 is 23.2 Å². The van der Waals surface area contributed by atoms with Crippen LogP contribution < -0.4 is 10.1 Å². The van der Waals surface area contributed by atoms with E-state index in [1.807, 2.05) is 27.7 Å². The highest BCUT2D eigenvalue weighted by atomic mass is 35.5. The number of carbonyl (C=O) groups is 3. The Hall–Kier alpha value is -2.64. The van der Waals surface area contributed by atoms with Gasteiger partial charge in [0, 0.05) is 39.6 Å². The van der Waals surface area contributed by atoms with Crippen molar-refractivity contribution in [2.24, 2.45) is 17.3 Å². The number of nitrogens with one attached hydrogen (secondary N) is 1. The van der Waals surface area contributed by atoms with Crippen molar-refractivity contribution in [2.75, 3.05) is 7.11 Å². The number of aromatic nitrogens is 1. The van der Waals surface area contributed by atoms with Gasteiger partial charge in [0.2, 0.25) is 5.91 Å². The Morgan fingerprint density at radius 2 is 1.75 bits per heavy atom. The van der Waals surface area contributed by atoms with Crippen LogP contribution in [0.5, 0.6) is 5.75 Å². The van der Waals surface area contributed by atoms with E-state index in [-0.39, 0.29) is 36.6 Å². The number of halogens is 2. The van der Waals surface area contributed by atoms with Crippen molar-refractivity contribution >= 4 is 40.9 Å². The molecule has 7 nitrogen and oxygen atoms in total. The maximum atomic E-state index is 12.9. The number of carbonyl (C=O) groups excluding carboxylic acids is 3. The van der Waals surface area contributed by atoms with Gasteiger partial charge in [-0.1, -0.05) is 57.0 Å². The molecule has 1 aliphatic carbocycles. The van der Waals surface area contributed by atoms with Crippen molar-refractivity contribution in [3.8, 4) is 5.75 Å². The number of ether oxygens (including phenoxy) is 2. The van der Waals surface area contributed by atoms with E-state index in [1.54, 1.807) is 37.3 Å². The summed E-state index contributed by atoms with van der Waals surface area (Å²) >= 11 is 12.3. The minimum Gasteiger partial charge on any atom is -0.487 e. The van der Waals surface area contributed by atoms with Gasteiger partial charge in [0.15, 0.2) is 0 Å². The Labute approximate surface area is 222 Å². The minimum absolute atomic E-state index is 0.0712. The average molecular weight is 537 g/mol. The van der Waals surface area contributed by atoms with Crippen molar-refractivity contribution in [3.05, 3.63) is 57.8 Å². The molecule has 1 heterocycles. The molecular formula is C27H34Cl2N2O5. The first-order valence-electron chi connectivity index (χ1n) is 11.9. The molecule has 0 bridgehead atoms. The second kappa shape index (κ2) is 13.1. The zero-order valence-corrected chi connectivity index (χ0v) is 23.1. The van der Waals surface area contributed by atoms with Crippen LogP contribution in [0, 0.1) is 17.3 Å². The first-order chi connectivity index (χ1) is 17.0. The van der Waals surface area contributed by atoms with Crippen molar-refractivity contribution in [1.29, 1.82) is 0 Å². The van der Waals surface area contributed by atoms with Crippen LogP contribution in [0.1, 0.15) is 52.3 Å². The number of hydrogen-bond donors (Lipinski definition) is 1. The number of esters is 1. The van der Waals surface area contributed by atoms with Gasteiger partial charge in [0.25, 0.3) is 0 Å². The molecular weight excluding hydrogens is 503 g/mol. The van der Waals surface area contributed by atoms with Crippen LogP contribution in [0.15, 0.2) is 36.5 Å². The van der Waals surface area contributed by atoms with E-state index in [2.05, 4.69) is 10.3 Å². The van der Waals surface area contributed by atoms with E-state index in [4.69, 9.17) is 32.7 Å². The molecule has 1 saturated carbocycles. The van der Waals surface area contributed by atoms with E-state index in [1.165, 1.54) is 13.3 Å². The van der Waals surface area contributed by atoms with Crippen molar-refractivity contribution < 1.29 is 23.9 Å². The highest BCUT2D eigenvalue weighted by Gasteiger charge is 2.53. The molecule has 2 aromatic rings. The number of Topliss-reactive ketones (excluding diaryl/α,β-unsaturated/α-hetero) is 1. The number of hydrogen-bond acceptors (Lipinski definition) is 6. The van der Waals surface area contributed by atoms with Gasteiger partial charge < -0.3 is 14.8 Å². The Morgan fingerprint density at radius 1 is 1.11 bits per heavy atom. The Balaban J connectivity index is 0.00000222. The quantitative estimate of drug-likeness (QED) is 0.428. The molecule has 0 saturated heterocycles. The Kier molecular flexibility index (Phi) is 10.7. The van der Waals surface area contributed by atoms with Crippen molar-refractivity contribution in [2.45, 2.75) is 60.1 Å². The first kappa shape index (κ1) is 29.6. The van der Waals surface area contributed by atoms with Crippen LogP contribution in [-0.4, -0.2) is 35.8 Å². The molecule has 1 N–H and O–H groups in total. The van der Waals surface area contributed by atoms with Gasteiger partial charge >= 0.3 is 5.97 Å². The molecule has 1 fully saturated rings. The fraction of sp³-hybridized carbons (Fsp3) is 0.481. The van der Waals surface area contributed by atoms with Crippen LogP contribution in [-0.2, 0) is 32.1 Å². The largest absolute Gasteiger partial charge is 0.487 e. The lowest BCUT2D eigenvalue weighted by Gasteiger charge is -2.50. The minimum atomic E-state index is -0.897. The van der Waals surface area contributed by atoms with E-state index < -0.39 is 17.4 Å². The fourth-order valence-electron chi connectivity index (χ4n) is 4.32. The second-order valence-electron chi connectivity index (χ2n) is 9.04. The van der Waals surface area contributed by atoms with Gasteiger partial charge in [-0.05, 0) is 43.0 Å². The normalized spacial score (nSPS) is 18.6. The van der Waals surface area contributed by atoms with Crippen LogP contribution in [0.4, 0.5) is 0 Å². The lowest BCUT2D eigenvalue weighted by atomic mass is 9.53. The maximum Gasteiger partial charge on any atom is 0.328 e. The predicted octanol–water partition coefficient (Wildman–Crippen LogP) is 5.45. The highest BCUT2D eigenvalue weighted by Crippen LogP contribution is 2.51. The summed E-state index contributed by atoms with van der Waals surface area (Å²) in [7, 11) is 1.27. The topological polar surface area (TPSA) is 94.6 Å². The SMILES string of the molecule is CC.COC(=O)C(Cc1ccc(OCc2c(Cl)cccc2Cl)cn1)NC(=O)C1CC(C(C)=O)C1(C)C. The molecule has 1 aromatic carbocycles. The summed E-state index contributed by atoms with van der Waals surface area (Å²) in [5, 5.41) is 3.81. The third kappa shape index (κ3) is 6.98. The van der Waals surface area contributed by atoms with Gasteiger partial charge in [-0.3, -0.25) is 14.6 Å². The standard InChI is InChI=1S/C25H28Cl2N2O5.C2H6/c1-14(30)18-11-19(25(18,2)3)23(31)29-22(24(32)33-4)10-15-8-9-16(12-28-15)34-13-17-20(26)6-5-7-21(17)27;1-2/h5-9,12,18-19,22H,10-11,13H2,1-4H3,(H,29,31);1-2H3.